The lowest BCUT2D eigenvalue weighted by Crippen LogP contribution is -2.16. The van der Waals surface area contributed by atoms with Gasteiger partial charge in [0.15, 0.2) is 0 Å². The van der Waals surface area contributed by atoms with Gasteiger partial charge in [-0.15, -0.1) is 0 Å². The predicted octanol–water partition coefficient (Wildman–Crippen LogP) is 2.34. The average molecular weight is 153 g/mol. The van der Waals surface area contributed by atoms with E-state index in [2.05, 4.69) is 31.3 Å². The van der Waals surface area contributed by atoms with E-state index in [0.29, 0.717) is 5.92 Å². The van der Waals surface area contributed by atoms with E-state index in [1.54, 1.807) is 0 Å². The molecule has 0 atom stereocenters. The molecule has 0 heterocycles. The minimum atomic E-state index is 0.705. The van der Waals surface area contributed by atoms with Crippen molar-refractivity contribution < 1.29 is 0 Å². The van der Waals surface area contributed by atoms with Gasteiger partial charge in [-0.05, 0) is 31.7 Å². The fourth-order valence-corrected chi connectivity index (χ4v) is 1.03. The van der Waals surface area contributed by atoms with E-state index >= 15 is 0 Å². The maximum atomic E-state index is 3.48. The van der Waals surface area contributed by atoms with Gasteiger partial charge in [-0.1, -0.05) is 26.0 Å². The van der Waals surface area contributed by atoms with Crippen LogP contribution in [-0.4, -0.2) is 12.6 Å². The lowest BCUT2D eigenvalue weighted by Gasteiger charge is -1.98. The van der Waals surface area contributed by atoms with Gasteiger partial charge in [0.2, 0.25) is 0 Å². The Morgan fingerprint density at radius 2 is 2.18 bits per heavy atom. The van der Waals surface area contributed by atoms with Crippen LogP contribution in [0.2, 0.25) is 0 Å². The lowest BCUT2D eigenvalue weighted by atomic mass is 10.2. The smallest absolute Gasteiger partial charge is 0.00683 e. The molecular formula is C10H19N. The molecule has 1 fully saturated rings. The quantitative estimate of drug-likeness (QED) is 0.472. The summed E-state index contributed by atoms with van der Waals surface area (Å²) in [6.45, 7) is 5.59. The Morgan fingerprint density at radius 1 is 1.45 bits per heavy atom. The molecule has 1 aliphatic rings. The molecule has 64 valence electrons. The van der Waals surface area contributed by atoms with Crippen molar-refractivity contribution in [1.82, 2.24) is 5.32 Å². The summed E-state index contributed by atoms with van der Waals surface area (Å²) in [5.41, 5.74) is 0. The van der Waals surface area contributed by atoms with Crippen molar-refractivity contribution in [2.45, 2.75) is 39.2 Å². The van der Waals surface area contributed by atoms with Crippen molar-refractivity contribution in [2.24, 2.45) is 5.92 Å². The molecule has 0 amide bonds. The Labute approximate surface area is 69.9 Å². The molecule has 0 saturated heterocycles. The zero-order valence-electron chi connectivity index (χ0n) is 7.64. The first-order chi connectivity index (χ1) is 5.29. The topological polar surface area (TPSA) is 12.0 Å². The highest BCUT2D eigenvalue weighted by Gasteiger charge is 2.19. The van der Waals surface area contributed by atoms with Crippen molar-refractivity contribution in [3.05, 3.63) is 12.2 Å². The van der Waals surface area contributed by atoms with Crippen LogP contribution in [0.4, 0.5) is 0 Å². The summed E-state index contributed by atoms with van der Waals surface area (Å²) in [7, 11) is 0. The largest absolute Gasteiger partial charge is 0.314 e. The van der Waals surface area contributed by atoms with Gasteiger partial charge in [-0.2, -0.15) is 0 Å². The molecule has 1 nitrogen and oxygen atoms in total. The normalized spacial score (nSPS) is 18.5. The van der Waals surface area contributed by atoms with E-state index in [4.69, 9.17) is 0 Å². The highest BCUT2D eigenvalue weighted by atomic mass is 14.9. The molecule has 1 saturated carbocycles. The van der Waals surface area contributed by atoms with E-state index < -0.39 is 0 Å². The van der Waals surface area contributed by atoms with Gasteiger partial charge in [-0.3, -0.25) is 0 Å². The van der Waals surface area contributed by atoms with Crippen LogP contribution in [0.1, 0.15) is 33.1 Å². The Hall–Kier alpha value is -0.300. The Bertz CT molecular complexity index is 123. The summed E-state index contributed by atoms with van der Waals surface area (Å²) in [5, 5.41) is 3.48. The number of nitrogens with one attached hydrogen (secondary N) is 1. The molecule has 0 aliphatic heterocycles. The molecular weight excluding hydrogens is 134 g/mol. The van der Waals surface area contributed by atoms with Crippen LogP contribution in [0.25, 0.3) is 0 Å². The second-order valence-corrected chi connectivity index (χ2v) is 3.69. The molecule has 0 aromatic rings. The van der Waals surface area contributed by atoms with Gasteiger partial charge in [0.05, 0.1) is 0 Å². The number of hydrogen-bond acceptors (Lipinski definition) is 1. The third-order valence-corrected chi connectivity index (χ3v) is 1.84. The lowest BCUT2D eigenvalue weighted by molar-refractivity contribution is 0.687. The third kappa shape index (κ3) is 5.02. The van der Waals surface area contributed by atoms with Crippen molar-refractivity contribution >= 4 is 0 Å². The molecule has 0 unspecified atom stereocenters. The Kier molecular flexibility index (Phi) is 3.64. The summed E-state index contributed by atoms with van der Waals surface area (Å²) in [4.78, 5) is 0. The number of rotatable bonds is 5. The fourth-order valence-electron chi connectivity index (χ4n) is 1.03. The number of allylic oxidation sites excluding steroid dienone is 1. The molecule has 1 N–H and O–H groups in total. The van der Waals surface area contributed by atoms with Crippen LogP contribution in [0.5, 0.6) is 0 Å². The Morgan fingerprint density at radius 3 is 2.73 bits per heavy atom. The van der Waals surface area contributed by atoms with E-state index in [9.17, 15) is 0 Å². The minimum absolute atomic E-state index is 0.705. The summed E-state index contributed by atoms with van der Waals surface area (Å²) in [5.74, 6) is 0.705. The molecule has 1 rings (SSSR count). The summed E-state index contributed by atoms with van der Waals surface area (Å²) in [6.07, 6.45) is 8.53. The molecule has 0 aromatic carbocycles. The SMILES string of the molecule is CC(C)C=CCCNC1CC1. The van der Waals surface area contributed by atoms with Crippen LogP contribution < -0.4 is 5.32 Å². The van der Waals surface area contributed by atoms with Crippen molar-refractivity contribution in [2.75, 3.05) is 6.54 Å². The van der Waals surface area contributed by atoms with Crippen LogP contribution in [-0.2, 0) is 0 Å². The second kappa shape index (κ2) is 4.55. The predicted molar refractivity (Wildman–Crippen MR) is 49.6 cm³/mol. The zero-order valence-corrected chi connectivity index (χ0v) is 7.64. The first-order valence-corrected chi connectivity index (χ1v) is 4.69. The van der Waals surface area contributed by atoms with Gasteiger partial charge in [0, 0.05) is 6.04 Å². The van der Waals surface area contributed by atoms with E-state index in [1.165, 1.54) is 19.3 Å². The summed E-state index contributed by atoms with van der Waals surface area (Å²) < 4.78 is 0. The highest BCUT2D eigenvalue weighted by molar-refractivity contribution is 4.87. The molecule has 1 aliphatic carbocycles. The Balaban J connectivity index is 1.86. The first-order valence-electron chi connectivity index (χ1n) is 4.69. The first kappa shape index (κ1) is 8.79. The minimum Gasteiger partial charge on any atom is -0.314 e. The van der Waals surface area contributed by atoms with Gasteiger partial charge in [0.1, 0.15) is 0 Å². The molecule has 0 aromatic heterocycles. The monoisotopic (exact) mass is 153 g/mol. The van der Waals surface area contributed by atoms with Gasteiger partial charge in [-0.25, -0.2) is 0 Å². The number of hydrogen-bond donors (Lipinski definition) is 1. The van der Waals surface area contributed by atoms with Crippen LogP contribution >= 0.6 is 0 Å². The van der Waals surface area contributed by atoms with E-state index in [-0.39, 0.29) is 0 Å². The summed E-state index contributed by atoms with van der Waals surface area (Å²) in [6, 6.07) is 0.863. The van der Waals surface area contributed by atoms with Gasteiger partial charge < -0.3 is 5.32 Å². The van der Waals surface area contributed by atoms with Crippen molar-refractivity contribution in [3.8, 4) is 0 Å². The summed E-state index contributed by atoms with van der Waals surface area (Å²) >= 11 is 0. The molecule has 0 spiro atoms. The second-order valence-electron chi connectivity index (χ2n) is 3.69. The average Bonchev–Trinajstić information content (AvgIpc) is 2.70. The van der Waals surface area contributed by atoms with Crippen molar-refractivity contribution in [3.63, 3.8) is 0 Å². The van der Waals surface area contributed by atoms with Gasteiger partial charge >= 0.3 is 0 Å². The van der Waals surface area contributed by atoms with E-state index in [0.717, 1.165) is 12.6 Å². The van der Waals surface area contributed by atoms with Gasteiger partial charge in [0.25, 0.3) is 0 Å². The molecule has 11 heavy (non-hydrogen) atoms. The molecule has 1 heteroatoms. The van der Waals surface area contributed by atoms with Crippen LogP contribution in [0.15, 0.2) is 12.2 Å². The molecule has 0 radical (unpaired) electrons. The van der Waals surface area contributed by atoms with Crippen LogP contribution in [0.3, 0.4) is 0 Å². The standard InChI is InChI=1S/C10H19N/c1-9(2)5-3-4-8-11-10-6-7-10/h3,5,9-11H,4,6-8H2,1-2H3. The fraction of sp³-hybridized carbons (Fsp3) is 0.800. The maximum Gasteiger partial charge on any atom is 0.00683 e. The molecule has 0 bridgehead atoms. The van der Waals surface area contributed by atoms with Crippen LogP contribution in [0, 0.1) is 5.92 Å². The maximum absolute atomic E-state index is 3.48. The third-order valence-electron chi connectivity index (χ3n) is 1.84. The zero-order chi connectivity index (χ0) is 8.10. The van der Waals surface area contributed by atoms with Crippen molar-refractivity contribution in [1.29, 1.82) is 0 Å². The van der Waals surface area contributed by atoms with E-state index in [1.807, 2.05) is 0 Å². The highest BCUT2D eigenvalue weighted by Crippen LogP contribution is 2.18.